The summed E-state index contributed by atoms with van der Waals surface area (Å²) in [6.07, 6.45) is -2.63. The summed E-state index contributed by atoms with van der Waals surface area (Å²) in [5, 5.41) is 13.4. The normalized spacial score (nSPS) is 16.9. The van der Waals surface area contributed by atoms with Gasteiger partial charge < -0.3 is 20.6 Å². The molecule has 0 saturated heterocycles. The smallest absolute Gasteiger partial charge is 0.405 e. The molecule has 9 heteroatoms. The summed E-state index contributed by atoms with van der Waals surface area (Å²) in [7, 11) is 1.60. The minimum atomic E-state index is -1.39. The summed E-state index contributed by atoms with van der Waals surface area (Å²) in [5.74, 6) is -1.48. The van der Waals surface area contributed by atoms with Crippen molar-refractivity contribution in [1.82, 2.24) is 10.6 Å². The zero-order valence-corrected chi connectivity index (χ0v) is 16.3. The zero-order valence-electron chi connectivity index (χ0n) is 15.5. The summed E-state index contributed by atoms with van der Waals surface area (Å²) >= 11 is 5.70. The van der Waals surface area contributed by atoms with E-state index in [0.29, 0.717) is 11.4 Å². The molecule has 0 bridgehead atoms. The standard InChI is InChI=1S/C20H19ClN4O4/c1-25-15-10-6-5-9-13(15)16(12-7-3-2-4-8-12)23-17(19(25)27)24-18(26)14(11-21)22-20(28)29/h2-10,14,17,22H,11H2,1H3,(H,24,26)(H,28,29). The molecule has 1 heterocycles. The quantitative estimate of drug-likeness (QED) is 0.648. The van der Waals surface area contributed by atoms with E-state index >= 15 is 0 Å². The molecule has 29 heavy (non-hydrogen) atoms. The first-order valence-electron chi connectivity index (χ1n) is 8.78. The zero-order chi connectivity index (χ0) is 21.0. The van der Waals surface area contributed by atoms with Gasteiger partial charge in [-0.2, -0.15) is 0 Å². The number of para-hydroxylation sites is 1. The molecular weight excluding hydrogens is 396 g/mol. The van der Waals surface area contributed by atoms with Gasteiger partial charge in [0.25, 0.3) is 5.91 Å². The first kappa shape index (κ1) is 20.3. The van der Waals surface area contributed by atoms with Crippen LogP contribution in [0.1, 0.15) is 11.1 Å². The first-order chi connectivity index (χ1) is 13.9. The van der Waals surface area contributed by atoms with Gasteiger partial charge in [0.1, 0.15) is 6.04 Å². The van der Waals surface area contributed by atoms with Crippen molar-refractivity contribution in [3.05, 3.63) is 65.7 Å². The predicted octanol–water partition coefficient (Wildman–Crippen LogP) is 1.82. The first-order valence-corrected chi connectivity index (χ1v) is 9.31. The molecule has 0 radical (unpaired) electrons. The van der Waals surface area contributed by atoms with Gasteiger partial charge in [-0.25, -0.2) is 9.79 Å². The van der Waals surface area contributed by atoms with Gasteiger partial charge in [-0.05, 0) is 6.07 Å². The van der Waals surface area contributed by atoms with Crippen LogP contribution in [0.2, 0.25) is 0 Å². The molecule has 150 valence electrons. The molecule has 3 amide bonds. The molecular formula is C20H19ClN4O4. The van der Waals surface area contributed by atoms with E-state index < -0.39 is 30.1 Å². The highest BCUT2D eigenvalue weighted by Gasteiger charge is 2.32. The van der Waals surface area contributed by atoms with Crippen LogP contribution < -0.4 is 15.5 Å². The van der Waals surface area contributed by atoms with Crippen LogP contribution in [0.5, 0.6) is 0 Å². The molecule has 0 saturated carbocycles. The van der Waals surface area contributed by atoms with Gasteiger partial charge in [0.2, 0.25) is 12.1 Å². The Morgan fingerprint density at radius 2 is 1.83 bits per heavy atom. The molecule has 0 spiro atoms. The monoisotopic (exact) mass is 414 g/mol. The number of benzene rings is 2. The van der Waals surface area contributed by atoms with Gasteiger partial charge in [0.15, 0.2) is 0 Å². The third kappa shape index (κ3) is 4.38. The van der Waals surface area contributed by atoms with Crippen LogP contribution in [-0.2, 0) is 9.59 Å². The molecule has 2 aromatic carbocycles. The van der Waals surface area contributed by atoms with E-state index in [4.69, 9.17) is 16.7 Å². The van der Waals surface area contributed by atoms with Gasteiger partial charge in [0, 0.05) is 18.2 Å². The fourth-order valence-electron chi connectivity index (χ4n) is 3.00. The molecule has 0 aliphatic carbocycles. The van der Waals surface area contributed by atoms with Gasteiger partial charge in [-0.15, -0.1) is 11.6 Å². The number of anilines is 1. The van der Waals surface area contributed by atoms with Crippen LogP contribution in [0.3, 0.4) is 0 Å². The highest BCUT2D eigenvalue weighted by molar-refractivity contribution is 6.21. The predicted molar refractivity (Wildman–Crippen MR) is 110 cm³/mol. The van der Waals surface area contributed by atoms with E-state index in [-0.39, 0.29) is 5.88 Å². The van der Waals surface area contributed by atoms with Crippen molar-refractivity contribution >= 4 is 40.9 Å². The Bertz CT molecular complexity index is 964. The lowest BCUT2D eigenvalue weighted by atomic mass is 10.0. The number of rotatable bonds is 5. The Morgan fingerprint density at radius 1 is 1.17 bits per heavy atom. The molecule has 1 aliphatic heterocycles. The van der Waals surface area contributed by atoms with Crippen molar-refractivity contribution in [1.29, 1.82) is 0 Å². The van der Waals surface area contributed by atoms with Crippen molar-refractivity contribution in [2.75, 3.05) is 17.8 Å². The van der Waals surface area contributed by atoms with E-state index in [0.717, 1.165) is 11.1 Å². The molecule has 2 unspecified atom stereocenters. The molecule has 0 fully saturated rings. The van der Waals surface area contributed by atoms with Crippen molar-refractivity contribution in [2.24, 2.45) is 4.99 Å². The maximum absolute atomic E-state index is 13.0. The molecule has 2 aromatic rings. The summed E-state index contributed by atoms with van der Waals surface area (Å²) in [6.45, 7) is 0. The summed E-state index contributed by atoms with van der Waals surface area (Å²) in [5.41, 5.74) is 2.70. The second-order valence-electron chi connectivity index (χ2n) is 6.33. The van der Waals surface area contributed by atoms with E-state index in [1.54, 1.807) is 13.1 Å². The molecule has 0 aromatic heterocycles. The number of nitrogens with one attached hydrogen (secondary N) is 2. The largest absolute Gasteiger partial charge is 0.465 e. The molecule has 3 rings (SSSR count). The van der Waals surface area contributed by atoms with Crippen LogP contribution in [0.25, 0.3) is 0 Å². The second-order valence-corrected chi connectivity index (χ2v) is 6.63. The Morgan fingerprint density at radius 3 is 2.48 bits per heavy atom. The molecule has 8 nitrogen and oxygen atoms in total. The summed E-state index contributed by atoms with van der Waals surface area (Å²) in [4.78, 5) is 42.3. The summed E-state index contributed by atoms with van der Waals surface area (Å²) in [6, 6.07) is 15.4. The van der Waals surface area contributed by atoms with Crippen LogP contribution in [0, 0.1) is 0 Å². The Labute approximate surface area is 172 Å². The highest BCUT2D eigenvalue weighted by Crippen LogP contribution is 2.27. The number of carbonyl (C=O) groups is 3. The van der Waals surface area contributed by atoms with E-state index in [1.807, 2.05) is 53.8 Å². The number of halogens is 1. The highest BCUT2D eigenvalue weighted by atomic mass is 35.5. The Hall–Kier alpha value is -3.39. The average Bonchev–Trinajstić information content (AvgIpc) is 2.83. The lowest BCUT2D eigenvalue weighted by Crippen LogP contribution is -2.53. The molecule has 3 N–H and O–H groups in total. The number of aliphatic imine (C=N–C) groups is 1. The SMILES string of the molecule is CN1C(=O)C(NC(=O)C(CCl)NC(=O)O)N=C(c2ccccc2)c2ccccc21. The van der Waals surface area contributed by atoms with Crippen molar-refractivity contribution < 1.29 is 19.5 Å². The van der Waals surface area contributed by atoms with E-state index in [1.165, 1.54) is 4.90 Å². The third-order valence-corrected chi connectivity index (χ3v) is 4.75. The minimum absolute atomic E-state index is 0.287. The van der Waals surface area contributed by atoms with Crippen LogP contribution in [0.4, 0.5) is 10.5 Å². The number of amides is 3. The number of likely N-dealkylation sites (N-methyl/N-ethyl adjacent to an activating group) is 1. The van der Waals surface area contributed by atoms with Crippen molar-refractivity contribution in [3.8, 4) is 0 Å². The van der Waals surface area contributed by atoms with Crippen molar-refractivity contribution in [3.63, 3.8) is 0 Å². The number of fused-ring (bicyclic) bond motifs is 1. The Balaban J connectivity index is 2.02. The lowest BCUT2D eigenvalue weighted by molar-refractivity contribution is -0.128. The number of carboxylic acid groups (broad SMARTS) is 1. The third-order valence-electron chi connectivity index (χ3n) is 4.44. The summed E-state index contributed by atoms with van der Waals surface area (Å²) < 4.78 is 0. The van der Waals surface area contributed by atoms with Gasteiger partial charge in [-0.1, -0.05) is 48.5 Å². The van der Waals surface area contributed by atoms with Crippen LogP contribution in [-0.4, -0.2) is 53.9 Å². The number of nitrogens with zero attached hydrogens (tertiary/aromatic N) is 2. The number of hydrogen-bond acceptors (Lipinski definition) is 4. The Kier molecular flexibility index (Phi) is 6.13. The number of alkyl halides is 1. The van der Waals surface area contributed by atoms with Crippen LogP contribution in [0.15, 0.2) is 59.6 Å². The minimum Gasteiger partial charge on any atom is -0.465 e. The van der Waals surface area contributed by atoms with E-state index in [9.17, 15) is 14.4 Å². The van der Waals surface area contributed by atoms with E-state index in [2.05, 4.69) is 10.3 Å². The fraction of sp³-hybridized carbons (Fsp3) is 0.200. The van der Waals surface area contributed by atoms with Gasteiger partial charge in [0.05, 0.1) is 17.3 Å². The van der Waals surface area contributed by atoms with Gasteiger partial charge >= 0.3 is 6.09 Å². The van der Waals surface area contributed by atoms with Crippen molar-refractivity contribution in [2.45, 2.75) is 12.2 Å². The van der Waals surface area contributed by atoms with Crippen LogP contribution >= 0.6 is 11.6 Å². The number of carbonyl (C=O) groups excluding carboxylic acids is 2. The molecule has 1 aliphatic rings. The second kappa shape index (κ2) is 8.74. The fourth-order valence-corrected chi connectivity index (χ4v) is 3.22. The lowest BCUT2D eigenvalue weighted by Gasteiger charge is -2.22. The number of benzodiazepines with no additional fused rings is 1. The average molecular weight is 415 g/mol. The maximum atomic E-state index is 13.0. The van der Waals surface area contributed by atoms with Gasteiger partial charge in [-0.3, -0.25) is 9.59 Å². The topological polar surface area (TPSA) is 111 Å². The molecule has 2 atom stereocenters. The maximum Gasteiger partial charge on any atom is 0.405 e. The number of hydrogen-bond donors (Lipinski definition) is 3.